The summed E-state index contributed by atoms with van der Waals surface area (Å²) in [6.45, 7) is 5.87. The molecule has 0 aliphatic carbocycles. The number of pyridine rings is 1. The van der Waals surface area contributed by atoms with Gasteiger partial charge in [-0.2, -0.15) is 0 Å². The zero-order valence-corrected chi connectivity index (χ0v) is 12.7. The summed E-state index contributed by atoms with van der Waals surface area (Å²) in [4.78, 5) is 7.02. The molecule has 1 aromatic heterocycles. The Labute approximate surface area is 127 Å². The molecular formula is C18H25N3. The van der Waals surface area contributed by atoms with Gasteiger partial charge in [0.15, 0.2) is 0 Å². The van der Waals surface area contributed by atoms with Crippen LogP contribution in [-0.4, -0.2) is 36.1 Å². The SMILES string of the molecule is c1cc(CNCCCN2CCCCC2)c2cccnc2c1. The van der Waals surface area contributed by atoms with Crippen LogP contribution in [0.3, 0.4) is 0 Å². The zero-order valence-electron chi connectivity index (χ0n) is 12.7. The first kappa shape index (κ1) is 14.5. The number of likely N-dealkylation sites (tertiary alicyclic amines) is 1. The molecule has 112 valence electrons. The molecule has 1 N–H and O–H groups in total. The van der Waals surface area contributed by atoms with Gasteiger partial charge in [-0.25, -0.2) is 0 Å². The summed E-state index contributed by atoms with van der Waals surface area (Å²) in [6, 6.07) is 10.5. The molecule has 3 rings (SSSR count). The fourth-order valence-electron chi connectivity index (χ4n) is 3.15. The molecular weight excluding hydrogens is 258 g/mol. The minimum Gasteiger partial charge on any atom is -0.313 e. The summed E-state index contributed by atoms with van der Waals surface area (Å²) in [5.74, 6) is 0. The van der Waals surface area contributed by atoms with Gasteiger partial charge < -0.3 is 10.2 Å². The smallest absolute Gasteiger partial charge is 0.0705 e. The van der Waals surface area contributed by atoms with E-state index in [0.29, 0.717) is 0 Å². The van der Waals surface area contributed by atoms with E-state index in [1.165, 1.54) is 56.3 Å². The number of hydrogen-bond donors (Lipinski definition) is 1. The summed E-state index contributed by atoms with van der Waals surface area (Å²) in [6.07, 6.45) is 7.29. The van der Waals surface area contributed by atoms with Gasteiger partial charge in [0.2, 0.25) is 0 Å². The van der Waals surface area contributed by atoms with Crippen LogP contribution in [0.25, 0.3) is 10.9 Å². The summed E-state index contributed by atoms with van der Waals surface area (Å²) in [5.41, 5.74) is 2.43. The van der Waals surface area contributed by atoms with Crippen molar-refractivity contribution in [3.63, 3.8) is 0 Å². The minimum atomic E-state index is 0.934. The van der Waals surface area contributed by atoms with Crippen molar-refractivity contribution in [2.24, 2.45) is 0 Å². The molecule has 0 radical (unpaired) electrons. The van der Waals surface area contributed by atoms with Crippen LogP contribution in [0.4, 0.5) is 0 Å². The highest BCUT2D eigenvalue weighted by molar-refractivity contribution is 5.81. The molecule has 0 bridgehead atoms. The van der Waals surface area contributed by atoms with Gasteiger partial charge >= 0.3 is 0 Å². The van der Waals surface area contributed by atoms with Crippen molar-refractivity contribution in [3.8, 4) is 0 Å². The Kier molecular flexibility index (Phi) is 5.19. The second kappa shape index (κ2) is 7.53. The van der Waals surface area contributed by atoms with Crippen LogP contribution in [0.5, 0.6) is 0 Å². The lowest BCUT2D eigenvalue weighted by Gasteiger charge is -2.26. The molecule has 0 atom stereocenters. The van der Waals surface area contributed by atoms with E-state index in [1.54, 1.807) is 0 Å². The predicted molar refractivity (Wildman–Crippen MR) is 88.4 cm³/mol. The van der Waals surface area contributed by atoms with E-state index in [1.807, 2.05) is 12.3 Å². The Morgan fingerprint density at radius 2 is 1.95 bits per heavy atom. The summed E-state index contributed by atoms with van der Waals surface area (Å²) < 4.78 is 0. The van der Waals surface area contributed by atoms with Gasteiger partial charge in [0.1, 0.15) is 0 Å². The van der Waals surface area contributed by atoms with Crippen LogP contribution < -0.4 is 5.32 Å². The van der Waals surface area contributed by atoms with Gasteiger partial charge in [-0.3, -0.25) is 4.98 Å². The zero-order chi connectivity index (χ0) is 14.3. The third-order valence-corrected chi connectivity index (χ3v) is 4.33. The number of rotatable bonds is 6. The van der Waals surface area contributed by atoms with Crippen molar-refractivity contribution in [2.75, 3.05) is 26.2 Å². The van der Waals surface area contributed by atoms with Crippen molar-refractivity contribution in [1.29, 1.82) is 0 Å². The Morgan fingerprint density at radius 3 is 2.86 bits per heavy atom. The Bertz CT molecular complexity index is 556. The molecule has 0 unspecified atom stereocenters. The largest absolute Gasteiger partial charge is 0.313 e. The first-order chi connectivity index (χ1) is 10.4. The molecule has 2 aromatic rings. The maximum Gasteiger partial charge on any atom is 0.0705 e. The second-order valence-electron chi connectivity index (χ2n) is 5.92. The standard InChI is InChI=1S/C18H25N3/c1-2-12-21(13-3-1)14-6-10-19-15-16-7-4-9-18-17(16)8-5-11-20-18/h4-5,7-9,11,19H,1-3,6,10,12-15H2. The van der Waals surface area contributed by atoms with E-state index >= 15 is 0 Å². The van der Waals surface area contributed by atoms with Crippen molar-refractivity contribution in [3.05, 3.63) is 42.1 Å². The van der Waals surface area contributed by atoms with Crippen LogP contribution in [0.1, 0.15) is 31.2 Å². The molecule has 1 fully saturated rings. The maximum atomic E-state index is 4.41. The number of nitrogens with zero attached hydrogens (tertiary/aromatic N) is 2. The van der Waals surface area contributed by atoms with E-state index in [9.17, 15) is 0 Å². The maximum absolute atomic E-state index is 4.41. The lowest BCUT2D eigenvalue weighted by Crippen LogP contribution is -2.32. The normalized spacial score (nSPS) is 16.4. The minimum absolute atomic E-state index is 0.934. The van der Waals surface area contributed by atoms with Gasteiger partial charge in [-0.1, -0.05) is 24.6 Å². The van der Waals surface area contributed by atoms with Crippen LogP contribution in [0.15, 0.2) is 36.5 Å². The van der Waals surface area contributed by atoms with Gasteiger partial charge in [-0.15, -0.1) is 0 Å². The van der Waals surface area contributed by atoms with Crippen molar-refractivity contribution >= 4 is 10.9 Å². The molecule has 1 saturated heterocycles. The number of fused-ring (bicyclic) bond motifs is 1. The number of hydrogen-bond acceptors (Lipinski definition) is 3. The number of nitrogens with one attached hydrogen (secondary N) is 1. The average molecular weight is 283 g/mol. The molecule has 3 heteroatoms. The number of benzene rings is 1. The number of aromatic nitrogens is 1. The van der Waals surface area contributed by atoms with Crippen LogP contribution in [0, 0.1) is 0 Å². The lowest BCUT2D eigenvalue weighted by atomic mass is 10.1. The van der Waals surface area contributed by atoms with Crippen LogP contribution in [-0.2, 0) is 6.54 Å². The molecule has 0 amide bonds. The molecule has 1 aliphatic rings. The van der Waals surface area contributed by atoms with Gasteiger partial charge in [0.25, 0.3) is 0 Å². The van der Waals surface area contributed by atoms with E-state index in [-0.39, 0.29) is 0 Å². The third kappa shape index (κ3) is 4.02. The first-order valence-corrected chi connectivity index (χ1v) is 8.19. The second-order valence-corrected chi connectivity index (χ2v) is 5.92. The van der Waals surface area contributed by atoms with Crippen LogP contribution >= 0.6 is 0 Å². The first-order valence-electron chi connectivity index (χ1n) is 8.19. The van der Waals surface area contributed by atoms with Crippen LogP contribution in [0.2, 0.25) is 0 Å². The fraction of sp³-hybridized carbons (Fsp3) is 0.500. The molecule has 0 spiro atoms. The lowest BCUT2D eigenvalue weighted by molar-refractivity contribution is 0.225. The average Bonchev–Trinajstić information content (AvgIpc) is 2.56. The monoisotopic (exact) mass is 283 g/mol. The topological polar surface area (TPSA) is 28.2 Å². The Morgan fingerprint density at radius 1 is 1.05 bits per heavy atom. The Hall–Kier alpha value is -1.45. The highest BCUT2D eigenvalue weighted by Crippen LogP contribution is 2.16. The van der Waals surface area contributed by atoms with Gasteiger partial charge in [0.05, 0.1) is 5.52 Å². The van der Waals surface area contributed by atoms with E-state index in [0.717, 1.165) is 18.6 Å². The highest BCUT2D eigenvalue weighted by atomic mass is 15.1. The molecule has 2 heterocycles. The molecule has 1 aromatic carbocycles. The Balaban J connectivity index is 1.44. The van der Waals surface area contributed by atoms with Crippen molar-refractivity contribution in [1.82, 2.24) is 15.2 Å². The summed E-state index contributed by atoms with van der Waals surface area (Å²) in [7, 11) is 0. The van der Waals surface area contributed by atoms with Crippen molar-refractivity contribution in [2.45, 2.75) is 32.2 Å². The summed E-state index contributed by atoms with van der Waals surface area (Å²) in [5, 5.41) is 4.85. The van der Waals surface area contributed by atoms with Gasteiger partial charge in [-0.05, 0) is 63.1 Å². The van der Waals surface area contributed by atoms with Crippen molar-refractivity contribution < 1.29 is 0 Å². The molecule has 0 saturated carbocycles. The van der Waals surface area contributed by atoms with E-state index in [4.69, 9.17) is 0 Å². The van der Waals surface area contributed by atoms with Gasteiger partial charge in [0, 0.05) is 18.1 Å². The number of piperidine rings is 1. The fourth-order valence-corrected chi connectivity index (χ4v) is 3.15. The third-order valence-electron chi connectivity index (χ3n) is 4.33. The predicted octanol–water partition coefficient (Wildman–Crippen LogP) is 3.20. The summed E-state index contributed by atoms with van der Waals surface area (Å²) >= 11 is 0. The quantitative estimate of drug-likeness (QED) is 0.825. The molecule has 3 nitrogen and oxygen atoms in total. The molecule has 21 heavy (non-hydrogen) atoms. The van der Waals surface area contributed by atoms with E-state index < -0.39 is 0 Å². The molecule has 1 aliphatic heterocycles. The van der Waals surface area contributed by atoms with E-state index in [2.05, 4.69) is 39.5 Å². The highest BCUT2D eigenvalue weighted by Gasteiger charge is 2.08.